The average Bonchev–Trinajstić information content (AvgIpc) is 2.41. The Morgan fingerprint density at radius 1 is 1.16 bits per heavy atom. The van der Waals surface area contributed by atoms with Crippen molar-refractivity contribution < 1.29 is 8.78 Å². The van der Waals surface area contributed by atoms with E-state index in [0.29, 0.717) is 11.7 Å². The van der Waals surface area contributed by atoms with Crippen LogP contribution in [0.25, 0.3) is 0 Å². The van der Waals surface area contributed by atoms with Gasteiger partial charge < -0.3 is 4.90 Å². The summed E-state index contributed by atoms with van der Waals surface area (Å²) in [5, 5.41) is 0. The van der Waals surface area contributed by atoms with Gasteiger partial charge in [0.25, 0.3) is 0 Å². The van der Waals surface area contributed by atoms with Crippen molar-refractivity contribution >= 4 is 5.69 Å². The Bertz CT molecular complexity index is 463. The second kappa shape index (κ2) is 5.08. The summed E-state index contributed by atoms with van der Waals surface area (Å²) in [6.07, 6.45) is 3.67. The van der Waals surface area contributed by atoms with E-state index >= 15 is 0 Å². The van der Waals surface area contributed by atoms with E-state index in [9.17, 15) is 8.78 Å². The molecular weight excluding hydrogens is 246 g/mol. The molecule has 2 fully saturated rings. The Kier molecular flexibility index (Phi) is 3.44. The molecule has 0 amide bonds. The maximum Gasteiger partial charge on any atom is 0.182 e. The standard InChI is InChI=1S/C15H20F2N2/c1-11-9-18-8-3-2-5-12(18)10-19(11)14-7-4-6-13(16)15(14)17/h4,6-7,11-12H,2-3,5,8-10H2,1H3. The largest absolute Gasteiger partial charge is 0.364 e. The number of benzene rings is 1. The SMILES string of the molecule is CC1CN2CCCCC2CN1c1cccc(F)c1F. The minimum absolute atomic E-state index is 0.227. The van der Waals surface area contributed by atoms with E-state index in [-0.39, 0.29) is 6.04 Å². The molecule has 104 valence electrons. The van der Waals surface area contributed by atoms with Crippen molar-refractivity contribution in [2.45, 2.75) is 38.3 Å². The molecule has 0 N–H and O–H groups in total. The Morgan fingerprint density at radius 3 is 2.84 bits per heavy atom. The van der Waals surface area contributed by atoms with Gasteiger partial charge in [0.05, 0.1) is 5.69 Å². The van der Waals surface area contributed by atoms with Crippen LogP contribution in [0.15, 0.2) is 18.2 Å². The van der Waals surface area contributed by atoms with Crippen molar-refractivity contribution in [3.8, 4) is 0 Å². The summed E-state index contributed by atoms with van der Waals surface area (Å²) < 4.78 is 27.3. The van der Waals surface area contributed by atoms with Crippen LogP contribution in [0.1, 0.15) is 26.2 Å². The predicted molar refractivity (Wildman–Crippen MR) is 72.4 cm³/mol. The Hall–Kier alpha value is -1.16. The van der Waals surface area contributed by atoms with Crippen LogP contribution in [0.3, 0.4) is 0 Å². The highest BCUT2D eigenvalue weighted by atomic mass is 19.2. The zero-order valence-corrected chi connectivity index (χ0v) is 11.3. The van der Waals surface area contributed by atoms with Gasteiger partial charge in [0.1, 0.15) is 0 Å². The van der Waals surface area contributed by atoms with Crippen LogP contribution in [0.5, 0.6) is 0 Å². The summed E-state index contributed by atoms with van der Waals surface area (Å²) in [7, 11) is 0. The normalized spacial score (nSPS) is 28.3. The second-order valence-corrected chi connectivity index (χ2v) is 5.72. The van der Waals surface area contributed by atoms with E-state index < -0.39 is 11.6 Å². The van der Waals surface area contributed by atoms with E-state index in [0.717, 1.165) is 19.6 Å². The lowest BCUT2D eigenvalue weighted by atomic mass is 9.96. The maximum atomic E-state index is 14.0. The smallest absolute Gasteiger partial charge is 0.182 e. The van der Waals surface area contributed by atoms with Crippen molar-refractivity contribution in [3.63, 3.8) is 0 Å². The molecule has 0 saturated carbocycles. The Balaban J connectivity index is 1.86. The monoisotopic (exact) mass is 266 g/mol. The molecule has 2 atom stereocenters. The molecular formula is C15H20F2N2. The zero-order chi connectivity index (χ0) is 13.4. The molecule has 0 aromatic heterocycles. The fourth-order valence-electron chi connectivity index (χ4n) is 3.40. The molecule has 2 aliphatic rings. The lowest BCUT2D eigenvalue weighted by Crippen LogP contribution is -2.59. The predicted octanol–water partition coefficient (Wildman–Crippen LogP) is 3.03. The summed E-state index contributed by atoms with van der Waals surface area (Å²) in [6.45, 7) is 4.99. The number of hydrogen-bond acceptors (Lipinski definition) is 2. The van der Waals surface area contributed by atoms with Gasteiger partial charge in [-0.25, -0.2) is 8.78 Å². The lowest BCUT2D eigenvalue weighted by Gasteiger charge is -2.48. The van der Waals surface area contributed by atoms with Gasteiger partial charge in [-0.15, -0.1) is 0 Å². The number of fused-ring (bicyclic) bond motifs is 1. The minimum Gasteiger partial charge on any atom is -0.364 e. The third-order valence-corrected chi connectivity index (χ3v) is 4.43. The number of hydrogen-bond donors (Lipinski definition) is 0. The van der Waals surface area contributed by atoms with Crippen molar-refractivity contribution in [1.29, 1.82) is 0 Å². The van der Waals surface area contributed by atoms with Crippen LogP contribution >= 0.6 is 0 Å². The molecule has 1 aromatic rings. The van der Waals surface area contributed by atoms with Gasteiger partial charge in [-0.05, 0) is 38.4 Å². The molecule has 4 heteroatoms. The molecule has 0 radical (unpaired) electrons. The number of rotatable bonds is 1. The highest BCUT2D eigenvalue weighted by Gasteiger charge is 2.34. The van der Waals surface area contributed by atoms with Gasteiger partial charge in [0.2, 0.25) is 0 Å². The van der Waals surface area contributed by atoms with Crippen LogP contribution in [0.2, 0.25) is 0 Å². The maximum absolute atomic E-state index is 14.0. The minimum atomic E-state index is -0.754. The van der Waals surface area contributed by atoms with Crippen LogP contribution in [0, 0.1) is 11.6 Å². The number of piperazine rings is 1. The van der Waals surface area contributed by atoms with E-state index in [1.807, 2.05) is 4.90 Å². The average molecular weight is 266 g/mol. The van der Waals surface area contributed by atoms with Crippen molar-refractivity contribution in [2.75, 3.05) is 24.5 Å². The number of piperidine rings is 1. The van der Waals surface area contributed by atoms with E-state index in [2.05, 4.69) is 11.8 Å². The Labute approximate surface area is 113 Å². The van der Waals surface area contributed by atoms with Crippen LogP contribution in [0.4, 0.5) is 14.5 Å². The van der Waals surface area contributed by atoms with Crippen molar-refractivity contribution in [3.05, 3.63) is 29.8 Å². The van der Waals surface area contributed by atoms with Crippen LogP contribution < -0.4 is 4.90 Å². The number of anilines is 1. The fourth-order valence-corrected chi connectivity index (χ4v) is 3.40. The van der Waals surface area contributed by atoms with Gasteiger partial charge in [-0.2, -0.15) is 0 Å². The molecule has 0 aliphatic carbocycles. The first-order chi connectivity index (χ1) is 9.16. The van der Waals surface area contributed by atoms with E-state index in [1.54, 1.807) is 12.1 Å². The summed E-state index contributed by atoms with van der Waals surface area (Å²) in [5.41, 5.74) is 0.415. The van der Waals surface area contributed by atoms with Gasteiger partial charge in [-0.3, -0.25) is 4.90 Å². The summed E-state index contributed by atoms with van der Waals surface area (Å²) in [5.74, 6) is -1.46. The molecule has 2 heterocycles. The van der Waals surface area contributed by atoms with Gasteiger partial charge in [0, 0.05) is 25.2 Å². The topological polar surface area (TPSA) is 6.48 Å². The first-order valence-corrected chi connectivity index (χ1v) is 7.11. The van der Waals surface area contributed by atoms with E-state index in [1.165, 1.54) is 25.3 Å². The molecule has 19 heavy (non-hydrogen) atoms. The summed E-state index contributed by atoms with van der Waals surface area (Å²) in [4.78, 5) is 4.53. The molecule has 0 bridgehead atoms. The summed E-state index contributed by atoms with van der Waals surface area (Å²) >= 11 is 0. The molecule has 0 spiro atoms. The summed E-state index contributed by atoms with van der Waals surface area (Å²) in [6, 6.07) is 5.18. The molecule has 3 rings (SSSR count). The zero-order valence-electron chi connectivity index (χ0n) is 11.3. The molecule has 1 aromatic carbocycles. The molecule has 2 unspecified atom stereocenters. The van der Waals surface area contributed by atoms with Crippen LogP contribution in [-0.2, 0) is 0 Å². The Morgan fingerprint density at radius 2 is 2.00 bits per heavy atom. The fraction of sp³-hybridized carbons (Fsp3) is 0.600. The first kappa shape index (κ1) is 12.9. The van der Waals surface area contributed by atoms with Crippen molar-refractivity contribution in [1.82, 2.24) is 4.90 Å². The quantitative estimate of drug-likeness (QED) is 0.771. The van der Waals surface area contributed by atoms with Gasteiger partial charge in [0.15, 0.2) is 11.6 Å². The van der Waals surface area contributed by atoms with Gasteiger partial charge in [-0.1, -0.05) is 12.5 Å². The first-order valence-electron chi connectivity index (χ1n) is 7.11. The van der Waals surface area contributed by atoms with Crippen molar-refractivity contribution in [2.24, 2.45) is 0 Å². The van der Waals surface area contributed by atoms with E-state index in [4.69, 9.17) is 0 Å². The molecule has 2 saturated heterocycles. The third kappa shape index (κ3) is 2.34. The number of halogens is 2. The lowest BCUT2D eigenvalue weighted by molar-refractivity contribution is 0.115. The highest BCUT2D eigenvalue weighted by Crippen LogP contribution is 2.30. The molecule has 2 nitrogen and oxygen atoms in total. The van der Waals surface area contributed by atoms with Gasteiger partial charge >= 0.3 is 0 Å². The van der Waals surface area contributed by atoms with Crippen LogP contribution in [-0.4, -0.2) is 36.6 Å². The molecule has 2 aliphatic heterocycles. The number of nitrogens with zero attached hydrogens (tertiary/aromatic N) is 2. The second-order valence-electron chi connectivity index (χ2n) is 5.72. The highest BCUT2D eigenvalue weighted by molar-refractivity contribution is 5.50. The third-order valence-electron chi connectivity index (χ3n) is 4.43.